The first kappa shape index (κ1) is 20.5. The molecule has 2 aromatic carbocycles. The molecule has 2 aromatic rings. The summed E-state index contributed by atoms with van der Waals surface area (Å²) in [7, 11) is 0. The van der Waals surface area contributed by atoms with Crippen LogP contribution in [0.25, 0.3) is 6.08 Å². The van der Waals surface area contributed by atoms with Gasteiger partial charge >= 0.3 is 146 Å². The van der Waals surface area contributed by atoms with Gasteiger partial charge in [0, 0.05) is 0 Å². The third kappa shape index (κ3) is 4.13. The molecule has 2 aliphatic carbocycles. The molecule has 25 heavy (non-hydrogen) atoms. The van der Waals surface area contributed by atoms with Crippen LogP contribution in [0.4, 0.5) is 0 Å². The van der Waals surface area contributed by atoms with E-state index in [4.69, 9.17) is 0 Å². The van der Waals surface area contributed by atoms with Crippen molar-refractivity contribution in [2.45, 2.75) is 17.2 Å². The Hall–Kier alpha value is -0.829. The van der Waals surface area contributed by atoms with E-state index in [1.807, 2.05) is 0 Å². The molecule has 0 N–H and O–H groups in total. The zero-order valence-electron chi connectivity index (χ0n) is 14.2. The molecule has 4 rings (SSSR count). The average Bonchev–Trinajstić information content (AvgIpc) is 3.27. The van der Waals surface area contributed by atoms with E-state index in [2.05, 4.69) is 91.5 Å². The van der Waals surface area contributed by atoms with E-state index < -0.39 is 23.8 Å². The smallest absolute Gasteiger partial charge is 1.00 e. The van der Waals surface area contributed by atoms with Crippen LogP contribution in [0.5, 0.6) is 0 Å². The number of rotatable bonds is 4. The Bertz CT molecular complexity index is 799. The molecule has 0 radical (unpaired) electrons. The SMILES string of the molecule is C[SiH](c1ccccc1)[Ti+2]([C]1=CC=CC1)[CH]1C=Cc2ccccc21.[Cl-].[Cl-]. The second-order valence-corrected chi connectivity index (χ2v) is 18.5. The van der Waals surface area contributed by atoms with Gasteiger partial charge in [0.2, 0.25) is 0 Å². The van der Waals surface area contributed by atoms with Gasteiger partial charge < -0.3 is 24.8 Å². The predicted molar refractivity (Wildman–Crippen MR) is 99.1 cm³/mol. The van der Waals surface area contributed by atoms with Crippen LogP contribution in [0.1, 0.15) is 21.8 Å². The van der Waals surface area contributed by atoms with Crippen LogP contribution in [0.15, 0.2) is 82.8 Å². The first-order valence-electron chi connectivity index (χ1n) is 8.39. The summed E-state index contributed by atoms with van der Waals surface area (Å²) < 4.78 is 2.50. The summed E-state index contributed by atoms with van der Waals surface area (Å²) in [5.41, 5.74) is 3.04. The summed E-state index contributed by atoms with van der Waals surface area (Å²) in [4.78, 5) is 0. The molecular formula is C21H21Cl2SiTi. The third-order valence-electron chi connectivity index (χ3n) is 5.04. The molecule has 0 heterocycles. The molecule has 2 aliphatic rings. The summed E-state index contributed by atoms with van der Waals surface area (Å²) >= 11 is -1.39. The van der Waals surface area contributed by atoms with Crippen molar-refractivity contribution in [2.75, 3.05) is 0 Å². The number of hydrogen-bond acceptors (Lipinski definition) is 0. The molecule has 2 atom stereocenters. The Morgan fingerprint density at radius 1 is 0.960 bits per heavy atom. The van der Waals surface area contributed by atoms with Gasteiger partial charge in [-0.05, 0) is 0 Å². The summed E-state index contributed by atoms with van der Waals surface area (Å²) in [5, 5.41) is 1.65. The van der Waals surface area contributed by atoms with Gasteiger partial charge in [0.05, 0.1) is 0 Å². The van der Waals surface area contributed by atoms with Crippen molar-refractivity contribution in [3.63, 3.8) is 0 Å². The maximum atomic E-state index is 2.60. The van der Waals surface area contributed by atoms with E-state index in [0.717, 1.165) is 0 Å². The van der Waals surface area contributed by atoms with Crippen molar-refractivity contribution in [1.82, 2.24) is 0 Å². The fourth-order valence-corrected chi connectivity index (χ4v) is 18.9. The summed E-state index contributed by atoms with van der Waals surface area (Å²) in [6.45, 7) is 1.66. The second kappa shape index (κ2) is 9.21. The third-order valence-corrected chi connectivity index (χ3v) is 19.9. The molecule has 0 nitrogen and oxygen atoms in total. The molecule has 0 fully saturated rings. The van der Waals surface area contributed by atoms with Crippen molar-refractivity contribution in [3.8, 4) is 0 Å². The first-order chi connectivity index (χ1) is 11.3. The van der Waals surface area contributed by atoms with Gasteiger partial charge in [0.1, 0.15) is 0 Å². The Balaban J connectivity index is 0.00000113. The molecule has 0 saturated heterocycles. The molecule has 0 aliphatic heterocycles. The first-order valence-corrected chi connectivity index (χ1v) is 15.1. The molecule has 127 valence electrons. The number of benzene rings is 2. The summed E-state index contributed by atoms with van der Waals surface area (Å²) in [5.74, 6) is 0. The molecule has 0 aromatic heterocycles. The van der Waals surface area contributed by atoms with Gasteiger partial charge in [0.25, 0.3) is 0 Å². The summed E-state index contributed by atoms with van der Waals surface area (Å²) in [6.07, 6.45) is 13.1. The minimum absolute atomic E-state index is 0. The fraction of sp³-hybridized carbons (Fsp3) is 0.143. The van der Waals surface area contributed by atoms with Crippen LogP contribution >= 0.6 is 0 Å². The van der Waals surface area contributed by atoms with E-state index in [0.29, 0.717) is 4.22 Å². The number of allylic oxidation sites excluding steroid dienone is 5. The number of fused-ring (bicyclic) bond motifs is 1. The van der Waals surface area contributed by atoms with Crippen molar-refractivity contribution in [3.05, 3.63) is 93.9 Å². The quantitative estimate of drug-likeness (QED) is 0.528. The fourth-order valence-electron chi connectivity index (χ4n) is 3.85. The van der Waals surface area contributed by atoms with Gasteiger partial charge in [-0.15, -0.1) is 0 Å². The molecule has 2 unspecified atom stereocenters. The average molecular weight is 420 g/mol. The largest absolute Gasteiger partial charge is 1.00 e. The second-order valence-electron chi connectivity index (χ2n) is 6.38. The molecule has 4 heteroatoms. The monoisotopic (exact) mass is 419 g/mol. The maximum absolute atomic E-state index is 2.60. The van der Waals surface area contributed by atoms with E-state index in [1.54, 1.807) is 14.6 Å². The Morgan fingerprint density at radius 3 is 2.40 bits per heavy atom. The van der Waals surface area contributed by atoms with E-state index in [1.165, 1.54) is 12.0 Å². The van der Waals surface area contributed by atoms with Crippen LogP contribution in [-0.2, 0) is 17.1 Å². The van der Waals surface area contributed by atoms with Crippen LogP contribution in [0.3, 0.4) is 0 Å². The van der Waals surface area contributed by atoms with Crippen molar-refractivity contribution < 1.29 is 41.9 Å². The number of hydrogen-bond donors (Lipinski definition) is 0. The van der Waals surface area contributed by atoms with Crippen LogP contribution in [0, 0.1) is 0 Å². The van der Waals surface area contributed by atoms with Gasteiger partial charge in [0.15, 0.2) is 0 Å². The number of halogens is 2. The van der Waals surface area contributed by atoms with Gasteiger partial charge in [-0.1, -0.05) is 0 Å². The van der Waals surface area contributed by atoms with Crippen molar-refractivity contribution in [2.24, 2.45) is 0 Å². The minimum Gasteiger partial charge on any atom is -1.00 e. The molecular weight excluding hydrogens is 399 g/mol. The zero-order chi connectivity index (χ0) is 15.6. The van der Waals surface area contributed by atoms with E-state index in [-0.39, 0.29) is 24.8 Å². The minimum atomic E-state index is -1.39. The molecule has 0 spiro atoms. The predicted octanol–water partition coefficient (Wildman–Crippen LogP) is -1.51. The van der Waals surface area contributed by atoms with Crippen LogP contribution in [0.2, 0.25) is 6.55 Å². The van der Waals surface area contributed by atoms with Crippen molar-refractivity contribution in [1.29, 1.82) is 0 Å². The van der Waals surface area contributed by atoms with E-state index in [9.17, 15) is 0 Å². The Labute approximate surface area is 170 Å². The molecule has 0 saturated carbocycles. The van der Waals surface area contributed by atoms with Crippen LogP contribution < -0.4 is 30.0 Å². The summed E-state index contributed by atoms with van der Waals surface area (Å²) in [6, 6.07) is 20.3. The van der Waals surface area contributed by atoms with Crippen molar-refractivity contribution >= 4 is 17.9 Å². The normalized spacial score (nSPS) is 18.0. The van der Waals surface area contributed by atoms with Crippen LogP contribution in [-0.4, -0.2) is 6.66 Å². The Kier molecular flexibility index (Phi) is 7.54. The maximum Gasteiger partial charge on any atom is -1.00 e. The topological polar surface area (TPSA) is 0 Å². The molecule has 0 bridgehead atoms. The van der Waals surface area contributed by atoms with Gasteiger partial charge in [-0.2, -0.15) is 0 Å². The van der Waals surface area contributed by atoms with E-state index >= 15 is 0 Å². The standard InChI is InChI=1S/C9H7.C7H9Si.C5H5.2ClH.Ti/c1-2-5-9-7-3-6-8(9)4-1;1-8-7-5-3-2-4-6-7;1-2-4-5-3-1;;;/h1-7H;2-6,8H,1H3;1-3H,4H2;2*1H;/q;;;;;+2/p-2. The van der Waals surface area contributed by atoms with Gasteiger partial charge in [-0.3, -0.25) is 0 Å². The zero-order valence-corrected chi connectivity index (χ0v) is 18.4. The van der Waals surface area contributed by atoms with Gasteiger partial charge in [-0.25, -0.2) is 0 Å². The molecule has 0 amide bonds. The Morgan fingerprint density at radius 2 is 1.68 bits per heavy atom.